The van der Waals surface area contributed by atoms with E-state index >= 15 is 0 Å². The van der Waals surface area contributed by atoms with Crippen molar-refractivity contribution < 1.29 is 4.74 Å². The Bertz CT molecular complexity index is 1180. The minimum absolute atomic E-state index is 0.738. The Balaban J connectivity index is 1.60. The van der Waals surface area contributed by atoms with Gasteiger partial charge in [0.2, 0.25) is 0 Å². The van der Waals surface area contributed by atoms with Gasteiger partial charge in [0.1, 0.15) is 0 Å². The van der Waals surface area contributed by atoms with Crippen LogP contribution in [0, 0.1) is 0 Å². The average Bonchev–Trinajstić information content (AvgIpc) is 3.15. The number of nitrogens with zero attached hydrogens (tertiary/aromatic N) is 4. The molecule has 30 heavy (non-hydrogen) atoms. The molecule has 0 amide bonds. The first-order chi connectivity index (χ1) is 14.7. The van der Waals surface area contributed by atoms with Crippen LogP contribution in [-0.2, 0) is 11.2 Å². The van der Waals surface area contributed by atoms with Gasteiger partial charge < -0.3 is 14.5 Å². The highest BCUT2D eigenvalue weighted by atomic mass is 16.5. The molecule has 150 valence electrons. The maximum Gasteiger partial charge on any atom is 0.0950 e. The van der Waals surface area contributed by atoms with Gasteiger partial charge in [-0.1, -0.05) is 24.3 Å². The van der Waals surface area contributed by atoms with Crippen LogP contribution in [-0.4, -0.2) is 37.4 Å². The van der Waals surface area contributed by atoms with Crippen LogP contribution in [0.2, 0.25) is 0 Å². The summed E-state index contributed by atoms with van der Waals surface area (Å²) in [6.45, 7) is 1.53. The van der Waals surface area contributed by atoms with E-state index in [0.717, 1.165) is 47.4 Å². The molecule has 0 atom stereocenters. The maximum absolute atomic E-state index is 5.20. The highest BCUT2D eigenvalue weighted by Crippen LogP contribution is 2.44. The summed E-state index contributed by atoms with van der Waals surface area (Å²) < 4.78 is 5.20. The fourth-order valence-electron chi connectivity index (χ4n) is 4.08. The van der Waals surface area contributed by atoms with Gasteiger partial charge >= 0.3 is 0 Å². The summed E-state index contributed by atoms with van der Waals surface area (Å²) in [6, 6.07) is 19.3. The molecule has 0 saturated carbocycles. The van der Waals surface area contributed by atoms with Crippen LogP contribution in [0.4, 0.5) is 17.1 Å². The second-order valence-electron chi connectivity index (χ2n) is 7.64. The molecule has 2 aromatic carbocycles. The number of fused-ring (bicyclic) bond motifs is 3. The van der Waals surface area contributed by atoms with Crippen molar-refractivity contribution in [1.29, 1.82) is 0 Å². The number of rotatable bonds is 5. The predicted molar refractivity (Wildman–Crippen MR) is 122 cm³/mol. The molecule has 0 spiro atoms. The number of methoxy groups -OCH3 is 1. The summed E-state index contributed by atoms with van der Waals surface area (Å²) >= 11 is 0. The fourth-order valence-corrected chi connectivity index (χ4v) is 4.08. The van der Waals surface area contributed by atoms with Crippen molar-refractivity contribution in [3.8, 4) is 11.1 Å². The van der Waals surface area contributed by atoms with E-state index in [2.05, 4.69) is 70.4 Å². The Labute approximate surface area is 176 Å². The van der Waals surface area contributed by atoms with Crippen LogP contribution >= 0.6 is 0 Å². The topological polar surface area (TPSA) is 41.5 Å². The maximum atomic E-state index is 5.20. The molecule has 1 aliphatic heterocycles. The third-order valence-electron chi connectivity index (χ3n) is 5.69. The van der Waals surface area contributed by atoms with Crippen LogP contribution in [0.1, 0.15) is 5.56 Å². The first-order valence-corrected chi connectivity index (χ1v) is 10.1. The monoisotopic (exact) mass is 396 g/mol. The lowest BCUT2D eigenvalue weighted by atomic mass is 10.0. The molecule has 0 bridgehead atoms. The van der Waals surface area contributed by atoms with E-state index in [9.17, 15) is 0 Å². The number of benzene rings is 2. The van der Waals surface area contributed by atoms with Crippen molar-refractivity contribution in [2.45, 2.75) is 6.42 Å². The lowest BCUT2D eigenvalue weighted by Gasteiger charge is -2.21. The van der Waals surface area contributed by atoms with Crippen LogP contribution in [0.25, 0.3) is 22.0 Å². The number of pyridine rings is 2. The van der Waals surface area contributed by atoms with Gasteiger partial charge in [0.25, 0.3) is 0 Å². The fraction of sp³-hybridized carbons (Fsp3) is 0.200. The van der Waals surface area contributed by atoms with Gasteiger partial charge in [-0.15, -0.1) is 0 Å². The summed E-state index contributed by atoms with van der Waals surface area (Å²) in [5, 5.41) is 1.15. The second kappa shape index (κ2) is 7.76. The molecule has 5 rings (SSSR count). The summed E-state index contributed by atoms with van der Waals surface area (Å²) in [6.07, 6.45) is 6.61. The lowest BCUT2D eigenvalue weighted by molar-refractivity contribution is 0.202. The van der Waals surface area contributed by atoms with Crippen molar-refractivity contribution in [2.24, 2.45) is 0 Å². The van der Waals surface area contributed by atoms with Gasteiger partial charge in [0.05, 0.1) is 36.4 Å². The molecular weight excluding hydrogens is 372 g/mol. The number of hydrogen-bond acceptors (Lipinski definition) is 5. The van der Waals surface area contributed by atoms with Crippen molar-refractivity contribution in [3.63, 3.8) is 0 Å². The first kappa shape index (κ1) is 18.6. The molecule has 1 aliphatic rings. The first-order valence-electron chi connectivity index (χ1n) is 10.1. The molecular formula is C25H24N4O. The van der Waals surface area contributed by atoms with Gasteiger partial charge in [0.15, 0.2) is 0 Å². The standard InChI is InChI=1S/C25H24N4O/c1-28-17-29(21-8-5-18(6-9-21)11-13-30-2)25-22-14-19(20-4-3-12-26-15-20)7-10-23(22)27-16-24(25)28/h3-10,12,14-16H,11,13,17H2,1-2H3. The zero-order chi connectivity index (χ0) is 20.5. The van der Waals surface area contributed by atoms with Crippen molar-refractivity contribution in [1.82, 2.24) is 9.97 Å². The number of ether oxygens (including phenoxy) is 1. The molecule has 0 unspecified atom stereocenters. The van der Waals surface area contributed by atoms with Gasteiger partial charge in [-0.05, 0) is 47.9 Å². The van der Waals surface area contributed by atoms with Crippen molar-refractivity contribution in [3.05, 3.63) is 78.8 Å². The summed E-state index contributed by atoms with van der Waals surface area (Å²) in [5.41, 5.74) is 8.08. The Morgan fingerprint density at radius 2 is 1.87 bits per heavy atom. The van der Waals surface area contributed by atoms with Crippen molar-refractivity contribution in [2.75, 3.05) is 37.2 Å². The summed E-state index contributed by atoms with van der Waals surface area (Å²) in [4.78, 5) is 13.6. The van der Waals surface area contributed by atoms with E-state index < -0.39 is 0 Å². The van der Waals surface area contributed by atoms with Crippen molar-refractivity contribution >= 4 is 28.0 Å². The van der Waals surface area contributed by atoms with E-state index in [0.29, 0.717) is 0 Å². The molecule has 0 saturated heterocycles. The average molecular weight is 396 g/mol. The van der Waals surface area contributed by atoms with E-state index in [1.807, 2.05) is 18.5 Å². The quantitative estimate of drug-likeness (QED) is 0.473. The van der Waals surface area contributed by atoms with Crippen LogP contribution in [0.5, 0.6) is 0 Å². The number of anilines is 3. The van der Waals surface area contributed by atoms with Crippen LogP contribution in [0.15, 0.2) is 73.2 Å². The Morgan fingerprint density at radius 3 is 2.63 bits per heavy atom. The Morgan fingerprint density at radius 1 is 1.00 bits per heavy atom. The van der Waals surface area contributed by atoms with Gasteiger partial charge in [-0.2, -0.15) is 0 Å². The molecule has 4 aromatic rings. The smallest absolute Gasteiger partial charge is 0.0950 e. The Kier molecular flexibility index (Phi) is 4.81. The molecule has 0 N–H and O–H groups in total. The molecule has 0 radical (unpaired) electrons. The van der Waals surface area contributed by atoms with Gasteiger partial charge in [0, 0.05) is 43.2 Å². The van der Waals surface area contributed by atoms with Crippen LogP contribution in [0.3, 0.4) is 0 Å². The minimum Gasteiger partial charge on any atom is -0.384 e. The van der Waals surface area contributed by atoms with Crippen LogP contribution < -0.4 is 9.80 Å². The second-order valence-corrected chi connectivity index (χ2v) is 7.64. The molecule has 0 fully saturated rings. The van der Waals surface area contributed by atoms with E-state index in [4.69, 9.17) is 9.72 Å². The highest BCUT2D eigenvalue weighted by molar-refractivity contribution is 6.04. The molecule has 5 nitrogen and oxygen atoms in total. The largest absolute Gasteiger partial charge is 0.384 e. The lowest BCUT2D eigenvalue weighted by Crippen LogP contribution is -2.24. The normalized spacial score (nSPS) is 13.1. The molecule has 2 aromatic heterocycles. The van der Waals surface area contributed by atoms with E-state index in [1.165, 1.54) is 16.9 Å². The number of hydrogen-bond donors (Lipinski definition) is 0. The third-order valence-corrected chi connectivity index (χ3v) is 5.69. The molecule has 3 heterocycles. The molecule has 5 heteroatoms. The highest BCUT2D eigenvalue weighted by Gasteiger charge is 2.27. The molecule has 0 aliphatic carbocycles. The predicted octanol–water partition coefficient (Wildman–Crippen LogP) is 5.03. The van der Waals surface area contributed by atoms with Gasteiger partial charge in [-0.25, -0.2) is 0 Å². The van der Waals surface area contributed by atoms with E-state index in [1.54, 1.807) is 13.3 Å². The Hall–Kier alpha value is -3.44. The minimum atomic E-state index is 0.738. The third kappa shape index (κ3) is 3.27. The van der Waals surface area contributed by atoms with E-state index in [-0.39, 0.29) is 0 Å². The summed E-state index contributed by atoms with van der Waals surface area (Å²) in [5.74, 6) is 0. The summed E-state index contributed by atoms with van der Waals surface area (Å²) in [7, 11) is 3.86. The zero-order valence-corrected chi connectivity index (χ0v) is 17.2. The van der Waals surface area contributed by atoms with Gasteiger partial charge in [-0.3, -0.25) is 9.97 Å². The number of aromatic nitrogens is 2. The zero-order valence-electron chi connectivity index (χ0n) is 17.2. The SMILES string of the molecule is COCCc1ccc(N2CN(C)c3cnc4ccc(-c5cccnc5)cc4c32)cc1.